The van der Waals surface area contributed by atoms with Gasteiger partial charge in [0.2, 0.25) is 0 Å². The SMILES string of the molecule is CN(C(=O)c1cccc(-n2nc(C(F)(F)F)c3c2[C@H](Oc2ccc(C(=O)OC(C)(C)C)cc2)CCC3)c1)c1ccc2c(c1)OC(F)(F)O2. The summed E-state index contributed by atoms with van der Waals surface area (Å²) in [5.74, 6) is -1.21. The summed E-state index contributed by atoms with van der Waals surface area (Å²) in [6.07, 6.45) is -8.51. The molecule has 0 radical (unpaired) electrons. The second-order valence-electron chi connectivity index (χ2n) is 12.4. The third-order valence-electron chi connectivity index (χ3n) is 7.67. The Balaban J connectivity index is 1.31. The number of rotatable bonds is 6. The number of carbonyl (C=O) groups excluding carboxylic acids is 2. The average Bonchev–Trinajstić information content (AvgIpc) is 3.57. The van der Waals surface area contributed by atoms with E-state index >= 15 is 0 Å². The molecule has 1 amide bonds. The van der Waals surface area contributed by atoms with Crippen molar-refractivity contribution in [2.24, 2.45) is 0 Å². The van der Waals surface area contributed by atoms with E-state index in [4.69, 9.17) is 9.47 Å². The number of benzene rings is 3. The molecule has 0 fully saturated rings. The summed E-state index contributed by atoms with van der Waals surface area (Å²) in [6.45, 7) is 5.24. The largest absolute Gasteiger partial charge is 0.586 e. The number of alkyl halides is 5. The fourth-order valence-electron chi connectivity index (χ4n) is 5.58. The van der Waals surface area contributed by atoms with Crippen LogP contribution in [0.4, 0.5) is 27.6 Å². The normalized spacial score (nSPS) is 16.6. The number of aromatic nitrogens is 2. The van der Waals surface area contributed by atoms with Gasteiger partial charge < -0.3 is 23.8 Å². The zero-order chi connectivity index (χ0) is 34.6. The molecule has 2 aliphatic rings. The Bertz CT molecular complexity index is 1880. The highest BCUT2D eigenvalue weighted by Gasteiger charge is 2.44. The van der Waals surface area contributed by atoms with E-state index in [1.54, 1.807) is 32.9 Å². The smallest absolute Gasteiger partial charge is 0.484 e. The van der Waals surface area contributed by atoms with Gasteiger partial charge in [0, 0.05) is 29.9 Å². The highest BCUT2D eigenvalue weighted by molar-refractivity contribution is 6.06. The number of fused-ring (bicyclic) bond motifs is 2. The number of esters is 1. The first-order valence-electron chi connectivity index (χ1n) is 15.0. The van der Waals surface area contributed by atoms with E-state index < -0.39 is 41.7 Å². The molecule has 1 aliphatic carbocycles. The third kappa shape index (κ3) is 6.64. The zero-order valence-electron chi connectivity index (χ0n) is 26.2. The quantitative estimate of drug-likeness (QED) is 0.152. The molecule has 0 spiro atoms. The summed E-state index contributed by atoms with van der Waals surface area (Å²) in [5, 5.41) is 3.98. The van der Waals surface area contributed by atoms with Gasteiger partial charge in [-0.15, -0.1) is 8.78 Å². The molecule has 252 valence electrons. The van der Waals surface area contributed by atoms with Gasteiger partial charge in [0.05, 0.1) is 16.9 Å². The van der Waals surface area contributed by atoms with Crippen LogP contribution in [-0.4, -0.2) is 40.6 Å². The molecular formula is C34H30F5N3O6. The first-order valence-corrected chi connectivity index (χ1v) is 15.0. The van der Waals surface area contributed by atoms with E-state index in [0.29, 0.717) is 18.6 Å². The van der Waals surface area contributed by atoms with Crippen molar-refractivity contribution in [3.8, 4) is 22.9 Å². The van der Waals surface area contributed by atoms with Gasteiger partial charge in [0.25, 0.3) is 5.91 Å². The van der Waals surface area contributed by atoms with Crippen molar-refractivity contribution >= 4 is 17.6 Å². The van der Waals surface area contributed by atoms with Crippen molar-refractivity contribution in [3.63, 3.8) is 0 Å². The summed E-state index contributed by atoms with van der Waals surface area (Å²) in [4.78, 5) is 27.1. The number of hydrogen-bond donors (Lipinski definition) is 0. The van der Waals surface area contributed by atoms with Gasteiger partial charge in [0.15, 0.2) is 17.2 Å². The molecule has 0 saturated heterocycles. The standard InChI is InChI=1S/C34H30F5N3O6/c1-32(2,3)48-31(44)19-11-14-23(15-12-19)45-26-10-6-9-24-28(26)42(40-29(24)33(35,36)37)22-8-5-7-20(17-22)30(43)41(4)21-13-16-25-27(18-21)47-34(38,39)46-25/h5,7-8,11-18,26H,6,9-10H2,1-4H3/t26-/m1/s1. The number of nitrogens with zero attached hydrogens (tertiary/aromatic N) is 3. The van der Waals surface area contributed by atoms with Gasteiger partial charge in [0.1, 0.15) is 17.5 Å². The van der Waals surface area contributed by atoms with Crippen molar-refractivity contribution < 1.29 is 50.5 Å². The van der Waals surface area contributed by atoms with Crippen LogP contribution < -0.4 is 19.1 Å². The Kier molecular flexibility index (Phi) is 8.08. The number of carbonyl (C=O) groups is 2. The van der Waals surface area contributed by atoms with Crippen molar-refractivity contribution in [2.45, 2.75) is 64.2 Å². The van der Waals surface area contributed by atoms with Crippen molar-refractivity contribution in [1.82, 2.24) is 9.78 Å². The van der Waals surface area contributed by atoms with Crippen LogP contribution in [0.25, 0.3) is 5.69 Å². The summed E-state index contributed by atoms with van der Waals surface area (Å²) in [7, 11) is 1.42. The van der Waals surface area contributed by atoms with Gasteiger partial charge in [-0.3, -0.25) is 4.79 Å². The molecule has 0 bridgehead atoms. The van der Waals surface area contributed by atoms with Gasteiger partial charge in [-0.1, -0.05) is 6.07 Å². The molecule has 1 aromatic heterocycles. The summed E-state index contributed by atoms with van der Waals surface area (Å²) < 4.78 is 91.4. The molecule has 0 unspecified atom stereocenters. The van der Waals surface area contributed by atoms with Crippen LogP contribution in [0, 0.1) is 0 Å². The van der Waals surface area contributed by atoms with Gasteiger partial charge in [-0.05, 0) is 94.6 Å². The summed E-state index contributed by atoms with van der Waals surface area (Å²) >= 11 is 0. The maximum absolute atomic E-state index is 14.3. The Morgan fingerprint density at radius 2 is 1.67 bits per heavy atom. The lowest BCUT2D eigenvalue weighted by molar-refractivity contribution is -0.286. The van der Waals surface area contributed by atoms with Crippen LogP contribution in [0.15, 0.2) is 66.7 Å². The maximum atomic E-state index is 14.3. The lowest BCUT2D eigenvalue weighted by Gasteiger charge is -2.26. The molecular weight excluding hydrogens is 641 g/mol. The number of anilines is 1. The molecule has 6 rings (SSSR count). The Morgan fingerprint density at radius 1 is 0.958 bits per heavy atom. The second kappa shape index (κ2) is 11.8. The minimum absolute atomic E-state index is 0.00451. The number of halogens is 5. The molecule has 4 aromatic rings. The van der Waals surface area contributed by atoms with E-state index in [1.165, 1.54) is 66.5 Å². The average molecular weight is 672 g/mol. The van der Waals surface area contributed by atoms with Crippen LogP contribution in [0.5, 0.6) is 17.2 Å². The maximum Gasteiger partial charge on any atom is 0.586 e. The van der Waals surface area contributed by atoms with E-state index in [2.05, 4.69) is 14.6 Å². The van der Waals surface area contributed by atoms with E-state index in [9.17, 15) is 31.5 Å². The van der Waals surface area contributed by atoms with Crippen LogP contribution >= 0.6 is 0 Å². The number of amides is 1. The molecule has 48 heavy (non-hydrogen) atoms. The molecule has 2 heterocycles. The molecule has 9 nitrogen and oxygen atoms in total. The monoisotopic (exact) mass is 671 g/mol. The zero-order valence-corrected chi connectivity index (χ0v) is 26.2. The fourth-order valence-corrected chi connectivity index (χ4v) is 5.58. The van der Waals surface area contributed by atoms with Crippen LogP contribution in [0.3, 0.4) is 0 Å². The van der Waals surface area contributed by atoms with Gasteiger partial charge >= 0.3 is 18.4 Å². The summed E-state index contributed by atoms with van der Waals surface area (Å²) in [5.41, 5.74) is -0.762. The van der Waals surface area contributed by atoms with Crippen LogP contribution in [0.1, 0.15) is 77.4 Å². The predicted molar refractivity (Wildman–Crippen MR) is 162 cm³/mol. The molecule has 3 aromatic carbocycles. The van der Waals surface area contributed by atoms with Gasteiger partial charge in [-0.2, -0.15) is 18.3 Å². The molecule has 1 atom stereocenters. The lowest BCUT2D eigenvalue weighted by Crippen LogP contribution is -2.26. The predicted octanol–water partition coefficient (Wildman–Crippen LogP) is 7.90. The topological polar surface area (TPSA) is 92.1 Å². The highest BCUT2D eigenvalue weighted by Crippen LogP contribution is 2.44. The van der Waals surface area contributed by atoms with Crippen molar-refractivity contribution in [1.29, 1.82) is 0 Å². The van der Waals surface area contributed by atoms with E-state index in [0.717, 1.165) is 4.68 Å². The second-order valence-corrected chi connectivity index (χ2v) is 12.4. The molecule has 1 aliphatic heterocycles. The van der Waals surface area contributed by atoms with Crippen molar-refractivity contribution in [3.05, 3.63) is 94.8 Å². The Labute approximate surface area is 271 Å². The van der Waals surface area contributed by atoms with Crippen LogP contribution in [-0.2, 0) is 17.3 Å². The third-order valence-corrected chi connectivity index (χ3v) is 7.67. The highest BCUT2D eigenvalue weighted by atomic mass is 19.4. The number of ether oxygens (including phenoxy) is 4. The van der Waals surface area contributed by atoms with E-state index in [1.807, 2.05) is 0 Å². The van der Waals surface area contributed by atoms with Gasteiger partial charge in [-0.25, -0.2) is 9.48 Å². The fraction of sp³-hybridized carbons (Fsp3) is 0.324. The summed E-state index contributed by atoms with van der Waals surface area (Å²) in [6, 6.07) is 15.9. The lowest BCUT2D eigenvalue weighted by atomic mass is 9.92. The minimum atomic E-state index is -4.75. The number of hydrogen-bond acceptors (Lipinski definition) is 7. The molecule has 0 N–H and O–H groups in total. The van der Waals surface area contributed by atoms with E-state index in [-0.39, 0.29) is 51.7 Å². The van der Waals surface area contributed by atoms with Crippen molar-refractivity contribution in [2.75, 3.05) is 11.9 Å². The first kappa shape index (κ1) is 32.8. The molecule has 0 saturated carbocycles. The molecule has 14 heteroatoms. The first-order chi connectivity index (χ1) is 22.5. The Morgan fingerprint density at radius 3 is 2.35 bits per heavy atom. The van der Waals surface area contributed by atoms with Crippen LogP contribution in [0.2, 0.25) is 0 Å². The Hall–Kier alpha value is -5.14. The minimum Gasteiger partial charge on any atom is -0.484 e.